The molecule has 12 heavy (non-hydrogen) atoms. The second-order valence-electron chi connectivity index (χ2n) is 3.04. The lowest BCUT2D eigenvalue weighted by Crippen LogP contribution is -1.90. The highest BCUT2D eigenvalue weighted by molar-refractivity contribution is 6.30. The lowest BCUT2D eigenvalue weighted by molar-refractivity contribution is 1.01. The minimum Gasteiger partial charge on any atom is -0.241 e. The SMILES string of the molecule is CCC1=C(Cl)N=C(C)C(C)=CC1. The van der Waals surface area contributed by atoms with Crippen LogP contribution < -0.4 is 0 Å². The molecule has 0 aromatic heterocycles. The summed E-state index contributed by atoms with van der Waals surface area (Å²) in [5.74, 6) is 0. The van der Waals surface area contributed by atoms with Gasteiger partial charge in [0.1, 0.15) is 5.16 Å². The van der Waals surface area contributed by atoms with Gasteiger partial charge in [0.25, 0.3) is 0 Å². The average Bonchev–Trinajstić information content (AvgIpc) is 2.14. The Labute approximate surface area is 78.8 Å². The van der Waals surface area contributed by atoms with E-state index in [1.165, 1.54) is 11.1 Å². The predicted molar refractivity (Wildman–Crippen MR) is 54.7 cm³/mol. The van der Waals surface area contributed by atoms with Crippen LogP contribution in [0.5, 0.6) is 0 Å². The first-order valence-electron chi connectivity index (χ1n) is 4.25. The van der Waals surface area contributed by atoms with Crippen molar-refractivity contribution in [3.63, 3.8) is 0 Å². The van der Waals surface area contributed by atoms with E-state index >= 15 is 0 Å². The summed E-state index contributed by atoms with van der Waals surface area (Å²) in [7, 11) is 0. The van der Waals surface area contributed by atoms with E-state index < -0.39 is 0 Å². The molecule has 0 aromatic rings. The fourth-order valence-electron chi connectivity index (χ4n) is 1.11. The van der Waals surface area contributed by atoms with E-state index in [2.05, 4.69) is 24.9 Å². The summed E-state index contributed by atoms with van der Waals surface area (Å²) in [5.41, 5.74) is 3.49. The van der Waals surface area contributed by atoms with E-state index in [-0.39, 0.29) is 0 Å². The van der Waals surface area contributed by atoms with Crippen molar-refractivity contribution in [1.82, 2.24) is 0 Å². The van der Waals surface area contributed by atoms with Crippen molar-refractivity contribution in [2.24, 2.45) is 4.99 Å². The number of aliphatic imine (C=N–C) groups is 1. The number of hydrogen-bond donors (Lipinski definition) is 0. The van der Waals surface area contributed by atoms with Gasteiger partial charge in [-0.2, -0.15) is 0 Å². The summed E-state index contributed by atoms with van der Waals surface area (Å²) >= 11 is 6.01. The topological polar surface area (TPSA) is 12.4 Å². The Kier molecular flexibility index (Phi) is 3.10. The highest BCUT2D eigenvalue weighted by Gasteiger charge is 2.06. The molecule has 0 radical (unpaired) electrons. The number of nitrogens with zero attached hydrogens (tertiary/aromatic N) is 1. The van der Waals surface area contributed by atoms with Crippen molar-refractivity contribution >= 4 is 17.3 Å². The maximum Gasteiger partial charge on any atom is 0.128 e. The number of allylic oxidation sites excluding steroid dienone is 3. The first kappa shape index (κ1) is 9.53. The van der Waals surface area contributed by atoms with Crippen molar-refractivity contribution in [2.45, 2.75) is 33.6 Å². The molecular weight excluding hydrogens is 170 g/mol. The molecular formula is C10H14ClN. The Morgan fingerprint density at radius 3 is 2.75 bits per heavy atom. The van der Waals surface area contributed by atoms with Gasteiger partial charge in [-0.3, -0.25) is 0 Å². The van der Waals surface area contributed by atoms with E-state index in [9.17, 15) is 0 Å². The second-order valence-corrected chi connectivity index (χ2v) is 3.39. The van der Waals surface area contributed by atoms with Gasteiger partial charge in [-0.05, 0) is 37.8 Å². The standard InChI is InChI=1S/C10H14ClN/c1-4-9-6-5-7(2)8(3)12-10(9)11/h5H,4,6H2,1-3H3. The van der Waals surface area contributed by atoms with Gasteiger partial charge in [0.2, 0.25) is 0 Å². The Hall–Kier alpha value is -0.560. The van der Waals surface area contributed by atoms with Crippen molar-refractivity contribution < 1.29 is 0 Å². The van der Waals surface area contributed by atoms with Crippen LogP contribution >= 0.6 is 11.6 Å². The summed E-state index contributed by atoms with van der Waals surface area (Å²) in [6.45, 7) is 6.17. The van der Waals surface area contributed by atoms with Crippen LogP contribution in [0.1, 0.15) is 33.6 Å². The summed E-state index contributed by atoms with van der Waals surface area (Å²) in [6, 6.07) is 0. The quantitative estimate of drug-likeness (QED) is 0.551. The van der Waals surface area contributed by atoms with Crippen LogP contribution in [0.4, 0.5) is 0 Å². The van der Waals surface area contributed by atoms with E-state index in [1.807, 2.05) is 6.92 Å². The molecule has 1 aliphatic heterocycles. The largest absolute Gasteiger partial charge is 0.241 e. The molecule has 1 heterocycles. The molecule has 1 aliphatic rings. The molecule has 1 nitrogen and oxygen atoms in total. The normalized spacial score (nSPS) is 18.7. The molecule has 0 aliphatic carbocycles. The van der Waals surface area contributed by atoms with Gasteiger partial charge in [0.15, 0.2) is 0 Å². The van der Waals surface area contributed by atoms with E-state index in [1.54, 1.807) is 0 Å². The number of hydrogen-bond acceptors (Lipinski definition) is 1. The van der Waals surface area contributed by atoms with Crippen LogP contribution in [0.2, 0.25) is 0 Å². The van der Waals surface area contributed by atoms with Gasteiger partial charge in [-0.25, -0.2) is 4.99 Å². The molecule has 0 spiro atoms. The van der Waals surface area contributed by atoms with Crippen LogP contribution in [0, 0.1) is 0 Å². The van der Waals surface area contributed by atoms with E-state index in [0.717, 1.165) is 18.6 Å². The van der Waals surface area contributed by atoms with Crippen LogP contribution in [0.15, 0.2) is 27.4 Å². The second kappa shape index (κ2) is 3.90. The summed E-state index contributed by atoms with van der Waals surface area (Å²) in [5, 5.41) is 0.683. The fraction of sp³-hybridized carbons (Fsp3) is 0.500. The summed E-state index contributed by atoms with van der Waals surface area (Å²) in [4.78, 5) is 4.30. The molecule has 0 aromatic carbocycles. The average molecular weight is 184 g/mol. The van der Waals surface area contributed by atoms with E-state index in [4.69, 9.17) is 11.6 Å². The lowest BCUT2D eigenvalue weighted by Gasteiger charge is -1.98. The molecule has 0 atom stereocenters. The Balaban J connectivity index is 3.01. The smallest absolute Gasteiger partial charge is 0.128 e. The molecule has 0 bridgehead atoms. The summed E-state index contributed by atoms with van der Waals surface area (Å²) < 4.78 is 0. The molecule has 0 saturated heterocycles. The Bertz CT molecular complexity index is 272. The molecule has 1 rings (SSSR count). The fourth-order valence-corrected chi connectivity index (χ4v) is 1.45. The maximum atomic E-state index is 6.01. The molecule has 0 amide bonds. The monoisotopic (exact) mass is 183 g/mol. The third-order valence-electron chi connectivity index (χ3n) is 2.21. The van der Waals surface area contributed by atoms with Gasteiger partial charge in [-0.1, -0.05) is 24.6 Å². The third kappa shape index (κ3) is 1.98. The summed E-state index contributed by atoms with van der Waals surface area (Å²) in [6.07, 6.45) is 4.12. The molecule has 0 N–H and O–H groups in total. The van der Waals surface area contributed by atoms with Crippen LogP contribution in [0.25, 0.3) is 0 Å². The zero-order chi connectivity index (χ0) is 9.14. The van der Waals surface area contributed by atoms with Crippen LogP contribution in [-0.2, 0) is 0 Å². The first-order chi connectivity index (χ1) is 5.65. The van der Waals surface area contributed by atoms with Crippen molar-refractivity contribution in [3.8, 4) is 0 Å². The van der Waals surface area contributed by atoms with Gasteiger partial charge in [-0.15, -0.1) is 0 Å². The molecule has 0 unspecified atom stereocenters. The first-order valence-corrected chi connectivity index (χ1v) is 4.63. The highest BCUT2D eigenvalue weighted by atomic mass is 35.5. The lowest BCUT2D eigenvalue weighted by atomic mass is 10.1. The van der Waals surface area contributed by atoms with Gasteiger partial charge < -0.3 is 0 Å². The van der Waals surface area contributed by atoms with Crippen molar-refractivity contribution in [3.05, 3.63) is 22.4 Å². The molecule has 0 saturated carbocycles. The Morgan fingerprint density at radius 1 is 1.50 bits per heavy atom. The number of halogens is 1. The number of rotatable bonds is 1. The molecule has 66 valence electrons. The van der Waals surface area contributed by atoms with Crippen molar-refractivity contribution in [1.29, 1.82) is 0 Å². The minimum absolute atomic E-state index is 0.683. The molecule has 0 fully saturated rings. The van der Waals surface area contributed by atoms with Gasteiger partial charge in [0, 0.05) is 5.71 Å². The highest BCUT2D eigenvalue weighted by Crippen LogP contribution is 2.23. The van der Waals surface area contributed by atoms with Gasteiger partial charge in [0.05, 0.1) is 0 Å². The van der Waals surface area contributed by atoms with Crippen LogP contribution in [-0.4, -0.2) is 5.71 Å². The molecule has 2 heteroatoms. The predicted octanol–water partition coefficient (Wildman–Crippen LogP) is 3.66. The zero-order valence-corrected chi connectivity index (χ0v) is 8.57. The van der Waals surface area contributed by atoms with Gasteiger partial charge >= 0.3 is 0 Å². The van der Waals surface area contributed by atoms with E-state index in [0.29, 0.717) is 5.16 Å². The maximum absolute atomic E-state index is 6.01. The Morgan fingerprint density at radius 2 is 2.17 bits per heavy atom. The van der Waals surface area contributed by atoms with Crippen molar-refractivity contribution in [2.75, 3.05) is 0 Å². The van der Waals surface area contributed by atoms with Crippen LogP contribution in [0.3, 0.4) is 0 Å². The zero-order valence-electron chi connectivity index (χ0n) is 7.82. The third-order valence-corrected chi connectivity index (χ3v) is 2.56. The minimum atomic E-state index is 0.683.